The number of rotatable bonds is 9. The summed E-state index contributed by atoms with van der Waals surface area (Å²) in [6.07, 6.45) is 5.66. The van der Waals surface area contributed by atoms with Crippen molar-refractivity contribution in [1.29, 1.82) is 0 Å². The largest absolute Gasteiger partial charge is 0.493 e. The molecule has 1 aromatic heterocycles. The van der Waals surface area contributed by atoms with E-state index in [2.05, 4.69) is 15.6 Å². The van der Waals surface area contributed by atoms with Gasteiger partial charge in [0.1, 0.15) is 18.4 Å². The van der Waals surface area contributed by atoms with Crippen molar-refractivity contribution in [2.45, 2.75) is 57.9 Å². The fraction of sp³-hybridized carbons (Fsp3) is 0.500. The number of pyridine rings is 1. The molecule has 1 fully saturated rings. The van der Waals surface area contributed by atoms with E-state index in [0.29, 0.717) is 25.4 Å². The maximum absolute atomic E-state index is 12.8. The number of nitrogens with zero attached hydrogens (tertiary/aromatic N) is 1. The molecule has 8 heteroatoms. The maximum Gasteiger partial charge on any atom is 0.326 e. The molecule has 0 bridgehead atoms. The van der Waals surface area contributed by atoms with E-state index in [-0.39, 0.29) is 12.3 Å². The molecule has 1 saturated carbocycles. The molecular weight excluding hydrogens is 434 g/mol. The lowest BCUT2D eigenvalue weighted by molar-refractivity contribution is -0.144. The third-order valence-corrected chi connectivity index (χ3v) is 6.67. The third kappa shape index (κ3) is 5.98. The van der Waals surface area contributed by atoms with Gasteiger partial charge in [-0.1, -0.05) is 38.3 Å². The molecule has 4 rings (SSSR count). The number of amides is 1. The van der Waals surface area contributed by atoms with E-state index >= 15 is 0 Å². The van der Waals surface area contributed by atoms with Crippen LogP contribution in [-0.4, -0.2) is 47.8 Å². The molecule has 1 aliphatic heterocycles. The van der Waals surface area contributed by atoms with Gasteiger partial charge < -0.3 is 25.2 Å². The zero-order chi connectivity index (χ0) is 24.0. The average molecular weight is 468 g/mol. The molecular formula is C26H33N3O5. The van der Waals surface area contributed by atoms with Crippen LogP contribution in [-0.2, 0) is 22.4 Å². The summed E-state index contributed by atoms with van der Waals surface area (Å²) in [6.45, 7) is 3.80. The molecule has 1 aliphatic carbocycles. The molecule has 2 aliphatic rings. The summed E-state index contributed by atoms with van der Waals surface area (Å²) in [7, 11) is 0. The third-order valence-electron chi connectivity index (χ3n) is 6.67. The van der Waals surface area contributed by atoms with Crippen LogP contribution in [0.4, 0.5) is 5.82 Å². The van der Waals surface area contributed by atoms with E-state index < -0.39 is 17.4 Å². The van der Waals surface area contributed by atoms with Gasteiger partial charge in [0.2, 0.25) is 5.91 Å². The quantitative estimate of drug-likeness (QED) is 0.517. The van der Waals surface area contributed by atoms with Crippen LogP contribution in [0.3, 0.4) is 0 Å². The summed E-state index contributed by atoms with van der Waals surface area (Å²) < 4.78 is 11.4. The van der Waals surface area contributed by atoms with Gasteiger partial charge in [0.15, 0.2) is 11.6 Å². The first-order chi connectivity index (χ1) is 16.4. The highest BCUT2D eigenvalue weighted by atomic mass is 16.5. The Bertz CT molecular complexity index is 1000. The molecule has 3 N–H and O–H groups in total. The Morgan fingerprint density at radius 3 is 2.68 bits per heavy atom. The number of hydrogen-bond donors (Lipinski definition) is 3. The number of aromatic nitrogens is 1. The highest BCUT2D eigenvalue weighted by Crippen LogP contribution is 2.36. The monoisotopic (exact) mass is 467 g/mol. The van der Waals surface area contributed by atoms with Gasteiger partial charge in [-0.05, 0) is 42.7 Å². The number of carboxylic acids is 1. The Morgan fingerprint density at radius 2 is 1.94 bits per heavy atom. The molecule has 0 spiro atoms. The van der Waals surface area contributed by atoms with Crippen molar-refractivity contribution in [3.05, 3.63) is 47.7 Å². The SMILES string of the molecule is CC1(C(=O)N[C@@H](Cc2ccc(OCCc3ccc4c(n3)NCCO4)cc2)C(=O)O)CCCCC1. The molecule has 2 aromatic rings. The normalized spacial score (nSPS) is 17.4. The lowest BCUT2D eigenvalue weighted by Crippen LogP contribution is -2.49. The summed E-state index contributed by atoms with van der Waals surface area (Å²) >= 11 is 0. The molecule has 182 valence electrons. The average Bonchev–Trinajstić information content (AvgIpc) is 2.85. The minimum absolute atomic E-state index is 0.155. The molecule has 1 aromatic carbocycles. The second-order valence-corrected chi connectivity index (χ2v) is 9.36. The second kappa shape index (κ2) is 10.8. The molecule has 2 heterocycles. The minimum atomic E-state index is -1.02. The lowest BCUT2D eigenvalue weighted by atomic mass is 9.75. The summed E-state index contributed by atoms with van der Waals surface area (Å²) in [6, 6.07) is 10.3. The van der Waals surface area contributed by atoms with Gasteiger partial charge in [0.05, 0.1) is 13.2 Å². The topological polar surface area (TPSA) is 110 Å². The minimum Gasteiger partial charge on any atom is -0.493 e. The van der Waals surface area contributed by atoms with E-state index in [1.807, 2.05) is 43.3 Å². The number of ether oxygens (including phenoxy) is 2. The standard InChI is InChI=1S/C26H33N3O5/c1-26(12-3-2-4-13-26)25(32)29-21(24(30)31)17-18-5-8-20(9-6-18)33-15-11-19-7-10-22-23(28-19)27-14-16-34-22/h5-10,21H,2-4,11-17H2,1H3,(H,27,28)(H,29,32)(H,30,31)/t21-/m0/s1. The first kappa shape index (κ1) is 23.9. The fourth-order valence-electron chi connectivity index (χ4n) is 4.52. The highest BCUT2D eigenvalue weighted by Gasteiger charge is 2.36. The smallest absolute Gasteiger partial charge is 0.326 e. The zero-order valence-electron chi connectivity index (χ0n) is 19.6. The summed E-state index contributed by atoms with van der Waals surface area (Å²) in [4.78, 5) is 29.1. The van der Waals surface area contributed by atoms with Crippen LogP contribution < -0.4 is 20.1 Å². The Balaban J connectivity index is 1.28. The van der Waals surface area contributed by atoms with Gasteiger partial charge in [-0.15, -0.1) is 0 Å². The number of nitrogens with one attached hydrogen (secondary N) is 2. The van der Waals surface area contributed by atoms with Crippen LogP contribution in [0.25, 0.3) is 0 Å². The summed E-state index contributed by atoms with van der Waals surface area (Å²) in [5.41, 5.74) is 1.27. The van der Waals surface area contributed by atoms with Crippen LogP contribution in [0.5, 0.6) is 11.5 Å². The number of carbonyl (C=O) groups is 2. The number of anilines is 1. The number of carbonyl (C=O) groups excluding carboxylic acids is 1. The van der Waals surface area contributed by atoms with Crippen molar-refractivity contribution in [3.8, 4) is 11.5 Å². The Labute approximate surface area is 200 Å². The highest BCUT2D eigenvalue weighted by molar-refractivity contribution is 5.87. The van der Waals surface area contributed by atoms with Gasteiger partial charge in [0, 0.05) is 24.0 Å². The van der Waals surface area contributed by atoms with E-state index in [1.165, 1.54) is 0 Å². The van der Waals surface area contributed by atoms with Gasteiger partial charge in [-0.3, -0.25) is 4.79 Å². The second-order valence-electron chi connectivity index (χ2n) is 9.36. The Hall–Kier alpha value is -3.29. The molecule has 0 unspecified atom stereocenters. The van der Waals surface area contributed by atoms with E-state index in [1.54, 1.807) is 0 Å². The fourth-order valence-corrected chi connectivity index (χ4v) is 4.52. The zero-order valence-corrected chi connectivity index (χ0v) is 19.6. The number of fused-ring (bicyclic) bond motifs is 1. The summed E-state index contributed by atoms with van der Waals surface area (Å²) in [5, 5.41) is 15.7. The first-order valence-electron chi connectivity index (χ1n) is 12.1. The van der Waals surface area contributed by atoms with Crippen molar-refractivity contribution < 1.29 is 24.2 Å². The van der Waals surface area contributed by atoms with Crippen molar-refractivity contribution in [2.24, 2.45) is 5.41 Å². The predicted molar refractivity (Wildman–Crippen MR) is 128 cm³/mol. The molecule has 1 amide bonds. The van der Waals surface area contributed by atoms with Gasteiger partial charge >= 0.3 is 5.97 Å². The Kier molecular flexibility index (Phi) is 7.55. The Morgan fingerprint density at radius 1 is 1.18 bits per heavy atom. The number of hydrogen-bond acceptors (Lipinski definition) is 6. The number of aliphatic carboxylic acids is 1. The van der Waals surface area contributed by atoms with Crippen molar-refractivity contribution in [3.63, 3.8) is 0 Å². The number of benzene rings is 1. The molecule has 34 heavy (non-hydrogen) atoms. The molecule has 0 radical (unpaired) electrons. The van der Waals surface area contributed by atoms with E-state index in [0.717, 1.165) is 61.5 Å². The first-order valence-corrected chi connectivity index (χ1v) is 12.1. The van der Waals surface area contributed by atoms with Gasteiger partial charge in [0.25, 0.3) is 0 Å². The van der Waals surface area contributed by atoms with Crippen molar-refractivity contribution in [2.75, 3.05) is 25.1 Å². The number of carboxylic acid groups (broad SMARTS) is 1. The molecule has 8 nitrogen and oxygen atoms in total. The van der Waals surface area contributed by atoms with Gasteiger partial charge in [-0.25, -0.2) is 9.78 Å². The molecule has 1 atom stereocenters. The van der Waals surface area contributed by atoms with Crippen LogP contribution in [0, 0.1) is 5.41 Å². The lowest BCUT2D eigenvalue weighted by Gasteiger charge is -2.33. The van der Waals surface area contributed by atoms with Crippen molar-refractivity contribution in [1.82, 2.24) is 10.3 Å². The summed E-state index contributed by atoms with van der Waals surface area (Å²) in [5.74, 6) is 1.07. The van der Waals surface area contributed by atoms with Crippen LogP contribution in [0.15, 0.2) is 36.4 Å². The van der Waals surface area contributed by atoms with E-state index in [4.69, 9.17) is 9.47 Å². The van der Waals surface area contributed by atoms with Crippen molar-refractivity contribution >= 4 is 17.7 Å². The molecule has 0 saturated heterocycles. The maximum atomic E-state index is 12.8. The van der Waals surface area contributed by atoms with Crippen LogP contribution >= 0.6 is 0 Å². The predicted octanol–water partition coefficient (Wildman–Crippen LogP) is 3.59. The van der Waals surface area contributed by atoms with Crippen LogP contribution in [0.2, 0.25) is 0 Å². The van der Waals surface area contributed by atoms with E-state index in [9.17, 15) is 14.7 Å². The van der Waals surface area contributed by atoms with Crippen LogP contribution in [0.1, 0.15) is 50.3 Å². The van der Waals surface area contributed by atoms with Gasteiger partial charge in [-0.2, -0.15) is 0 Å².